The normalized spacial score (nSPS) is 17.2. The lowest BCUT2D eigenvalue weighted by Crippen LogP contribution is -2.39. The van der Waals surface area contributed by atoms with Crippen LogP contribution in [-0.2, 0) is 6.54 Å². The first kappa shape index (κ1) is 16.7. The molecule has 0 radical (unpaired) electrons. The molecule has 6 nitrogen and oxygen atoms in total. The molecule has 2 aromatic heterocycles. The standard InChI is InChI=1S/C20H24N6/c1-24(15-17-7-9-18(10-8-17)26-14-4-12-22-26)16-19-5-3-13-25(19)20-6-2-11-21-23-20/h2,4,6-12,14,19H,3,5,13,15-16H2,1H3/t19-/m1/s1. The van der Waals surface area contributed by atoms with Crippen LogP contribution in [0.15, 0.2) is 61.1 Å². The zero-order chi connectivity index (χ0) is 17.8. The number of hydrogen-bond donors (Lipinski definition) is 0. The van der Waals surface area contributed by atoms with Crippen molar-refractivity contribution in [1.29, 1.82) is 0 Å². The molecular weight excluding hydrogens is 324 g/mol. The van der Waals surface area contributed by atoms with Crippen LogP contribution in [0.1, 0.15) is 18.4 Å². The summed E-state index contributed by atoms with van der Waals surface area (Å²) in [5, 5.41) is 12.6. The number of nitrogens with zero attached hydrogens (tertiary/aromatic N) is 6. The molecule has 26 heavy (non-hydrogen) atoms. The Balaban J connectivity index is 1.37. The van der Waals surface area contributed by atoms with Gasteiger partial charge in [-0.2, -0.15) is 10.2 Å². The van der Waals surface area contributed by atoms with Gasteiger partial charge in [0.05, 0.1) is 5.69 Å². The van der Waals surface area contributed by atoms with Gasteiger partial charge < -0.3 is 9.80 Å². The summed E-state index contributed by atoms with van der Waals surface area (Å²) in [5.74, 6) is 0.993. The van der Waals surface area contributed by atoms with E-state index in [0.29, 0.717) is 6.04 Å². The molecule has 134 valence electrons. The summed E-state index contributed by atoms with van der Waals surface area (Å²) in [6, 6.07) is 15.1. The first-order chi connectivity index (χ1) is 12.8. The van der Waals surface area contributed by atoms with Gasteiger partial charge in [-0.1, -0.05) is 12.1 Å². The number of benzene rings is 1. The van der Waals surface area contributed by atoms with Crippen molar-refractivity contribution in [3.05, 3.63) is 66.6 Å². The Bertz CT molecular complexity index is 800. The van der Waals surface area contributed by atoms with Gasteiger partial charge in [-0.25, -0.2) is 4.68 Å². The molecule has 0 unspecified atom stereocenters. The predicted octanol–water partition coefficient (Wildman–Crippen LogP) is 2.76. The SMILES string of the molecule is CN(Cc1ccc(-n2cccn2)cc1)C[C@H]1CCCN1c1cccnn1. The lowest BCUT2D eigenvalue weighted by molar-refractivity contribution is 0.303. The van der Waals surface area contributed by atoms with Crippen LogP contribution in [0.25, 0.3) is 5.69 Å². The van der Waals surface area contributed by atoms with Crippen molar-refractivity contribution >= 4 is 5.82 Å². The zero-order valence-electron chi connectivity index (χ0n) is 15.1. The minimum Gasteiger partial charge on any atom is -0.351 e. The van der Waals surface area contributed by atoms with Gasteiger partial charge in [0, 0.05) is 44.3 Å². The number of anilines is 1. The van der Waals surface area contributed by atoms with Crippen LogP contribution in [0.3, 0.4) is 0 Å². The van der Waals surface area contributed by atoms with Crippen molar-refractivity contribution in [1.82, 2.24) is 24.9 Å². The summed E-state index contributed by atoms with van der Waals surface area (Å²) in [5.41, 5.74) is 2.40. The summed E-state index contributed by atoms with van der Waals surface area (Å²) >= 11 is 0. The van der Waals surface area contributed by atoms with E-state index in [9.17, 15) is 0 Å². The fraction of sp³-hybridized carbons (Fsp3) is 0.350. The Hall–Kier alpha value is -2.73. The van der Waals surface area contributed by atoms with E-state index in [1.54, 1.807) is 12.4 Å². The molecule has 0 saturated carbocycles. The number of rotatable bonds is 6. The van der Waals surface area contributed by atoms with Crippen LogP contribution in [0.5, 0.6) is 0 Å². The van der Waals surface area contributed by atoms with E-state index in [1.165, 1.54) is 18.4 Å². The van der Waals surface area contributed by atoms with E-state index in [2.05, 4.69) is 62.5 Å². The molecular formula is C20H24N6. The van der Waals surface area contributed by atoms with E-state index in [1.807, 2.05) is 23.0 Å². The molecule has 3 heterocycles. The number of likely N-dealkylation sites (N-methyl/N-ethyl adjacent to an activating group) is 1. The highest BCUT2D eigenvalue weighted by atomic mass is 15.3. The Morgan fingerprint density at radius 3 is 2.73 bits per heavy atom. The van der Waals surface area contributed by atoms with Crippen LogP contribution in [-0.4, -0.2) is 51.1 Å². The van der Waals surface area contributed by atoms with E-state index >= 15 is 0 Å². The van der Waals surface area contributed by atoms with Crippen LogP contribution in [0.2, 0.25) is 0 Å². The molecule has 1 aliphatic rings. The second-order valence-electron chi connectivity index (χ2n) is 6.89. The Morgan fingerprint density at radius 1 is 1.12 bits per heavy atom. The molecule has 6 heteroatoms. The molecule has 1 saturated heterocycles. The minimum absolute atomic E-state index is 0.500. The lowest BCUT2D eigenvalue weighted by Gasteiger charge is -2.29. The van der Waals surface area contributed by atoms with Crippen LogP contribution in [0, 0.1) is 0 Å². The average molecular weight is 348 g/mol. The third-order valence-electron chi connectivity index (χ3n) is 4.91. The average Bonchev–Trinajstić information content (AvgIpc) is 3.35. The minimum atomic E-state index is 0.500. The maximum absolute atomic E-state index is 4.29. The summed E-state index contributed by atoms with van der Waals surface area (Å²) in [4.78, 5) is 4.78. The Kier molecular flexibility index (Phi) is 4.93. The molecule has 0 aliphatic carbocycles. The highest BCUT2D eigenvalue weighted by molar-refractivity contribution is 5.39. The second-order valence-corrected chi connectivity index (χ2v) is 6.89. The molecule has 1 aliphatic heterocycles. The van der Waals surface area contributed by atoms with Gasteiger partial charge in [-0.3, -0.25) is 0 Å². The first-order valence-corrected chi connectivity index (χ1v) is 9.11. The van der Waals surface area contributed by atoms with Crippen molar-refractivity contribution in [2.24, 2.45) is 0 Å². The second kappa shape index (κ2) is 7.66. The van der Waals surface area contributed by atoms with Gasteiger partial charge in [0.25, 0.3) is 0 Å². The van der Waals surface area contributed by atoms with Gasteiger partial charge >= 0.3 is 0 Å². The fourth-order valence-corrected chi connectivity index (χ4v) is 3.69. The maximum atomic E-state index is 4.29. The van der Waals surface area contributed by atoms with Gasteiger partial charge in [0.2, 0.25) is 0 Å². The van der Waals surface area contributed by atoms with Crippen molar-refractivity contribution in [2.45, 2.75) is 25.4 Å². The van der Waals surface area contributed by atoms with Crippen LogP contribution in [0.4, 0.5) is 5.82 Å². The summed E-state index contributed by atoms with van der Waals surface area (Å²) < 4.78 is 1.88. The van der Waals surface area contributed by atoms with Gasteiger partial charge in [0.1, 0.15) is 0 Å². The molecule has 1 fully saturated rings. The molecule has 4 rings (SSSR count). The predicted molar refractivity (Wildman–Crippen MR) is 102 cm³/mol. The first-order valence-electron chi connectivity index (χ1n) is 9.11. The van der Waals surface area contributed by atoms with E-state index in [-0.39, 0.29) is 0 Å². The van der Waals surface area contributed by atoms with Crippen molar-refractivity contribution < 1.29 is 0 Å². The summed E-state index contributed by atoms with van der Waals surface area (Å²) in [6.45, 7) is 3.03. The van der Waals surface area contributed by atoms with Gasteiger partial charge in [-0.05, 0) is 55.8 Å². The van der Waals surface area contributed by atoms with Crippen LogP contribution >= 0.6 is 0 Å². The molecule has 0 amide bonds. The Morgan fingerprint density at radius 2 is 2.00 bits per heavy atom. The monoisotopic (exact) mass is 348 g/mol. The highest BCUT2D eigenvalue weighted by Crippen LogP contribution is 2.24. The topological polar surface area (TPSA) is 50.1 Å². The van der Waals surface area contributed by atoms with Gasteiger partial charge in [-0.15, -0.1) is 5.10 Å². The Labute approximate surface area is 154 Å². The summed E-state index contributed by atoms with van der Waals surface area (Å²) in [7, 11) is 2.19. The lowest BCUT2D eigenvalue weighted by atomic mass is 10.1. The molecule has 1 aromatic carbocycles. The third kappa shape index (κ3) is 3.75. The molecule has 0 N–H and O–H groups in total. The van der Waals surface area contributed by atoms with Crippen molar-refractivity contribution in [3.8, 4) is 5.69 Å². The highest BCUT2D eigenvalue weighted by Gasteiger charge is 2.26. The van der Waals surface area contributed by atoms with Crippen LogP contribution < -0.4 is 4.90 Å². The maximum Gasteiger partial charge on any atom is 0.151 e. The van der Waals surface area contributed by atoms with Crippen molar-refractivity contribution in [3.63, 3.8) is 0 Å². The van der Waals surface area contributed by atoms with E-state index < -0.39 is 0 Å². The molecule has 3 aromatic rings. The van der Waals surface area contributed by atoms with Gasteiger partial charge in [0.15, 0.2) is 5.82 Å². The van der Waals surface area contributed by atoms with Crippen molar-refractivity contribution in [2.75, 3.05) is 25.0 Å². The zero-order valence-corrected chi connectivity index (χ0v) is 15.1. The molecule has 0 spiro atoms. The number of hydrogen-bond acceptors (Lipinski definition) is 5. The quantitative estimate of drug-likeness (QED) is 0.686. The van der Waals surface area contributed by atoms with E-state index in [4.69, 9.17) is 0 Å². The third-order valence-corrected chi connectivity index (χ3v) is 4.91. The number of aromatic nitrogens is 4. The smallest absolute Gasteiger partial charge is 0.151 e. The summed E-state index contributed by atoms with van der Waals surface area (Å²) in [6.07, 6.45) is 7.91. The van der Waals surface area contributed by atoms with E-state index in [0.717, 1.165) is 31.1 Å². The fourth-order valence-electron chi connectivity index (χ4n) is 3.69. The molecule has 0 bridgehead atoms. The molecule has 1 atom stereocenters. The largest absolute Gasteiger partial charge is 0.351 e.